The number of nitriles is 1. The van der Waals surface area contributed by atoms with E-state index in [9.17, 15) is 9.59 Å². The maximum Gasteiger partial charge on any atom is 0.347 e. The maximum atomic E-state index is 12.0. The summed E-state index contributed by atoms with van der Waals surface area (Å²) < 4.78 is 10.7. The summed E-state index contributed by atoms with van der Waals surface area (Å²) in [4.78, 5) is 23.2. The van der Waals surface area contributed by atoms with Gasteiger partial charge in [0, 0.05) is 11.1 Å². The first kappa shape index (κ1) is 17.2. The molecule has 2 aromatic carbocycles. The molecule has 0 spiro atoms. The monoisotopic (exact) mass is 323 g/mol. The average Bonchev–Trinajstić information content (AvgIpc) is 2.60. The Bertz CT molecular complexity index is 775. The minimum atomic E-state index is -0.803. The molecule has 0 heterocycles. The van der Waals surface area contributed by atoms with Crippen LogP contribution in [0.15, 0.2) is 48.5 Å². The number of hydrogen-bond acceptors (Lipinski definition) is 5. The third-order valence-corrected chi connectivity index (χ3v) is 3.41. The minimum Gasteiger partial charge on any atom is -0.479 e. The second-order valence-electron chi connectivity index (χ2n) is 5.22. The molecule has 122 valence electrons. The first-order valence-corrected chi connectivity index (χ1v) is 7.43. The van der Waals surface area contributed by atoms with Crippen LogP contribution in [-0.4, -0.2) is 17.9 Å². The minimum absolute atomic E-state index is 0.0134. The fraction of sp³-hybridized carbons (Fsp3) is 0.211. The number of Topliss-reactive ketones (excluding diaryl/α,β-unsaturated/α-hetero) is 1. The molecule has 0 amide bonds. The number of nitrogens with zero attached hydrogens (tertiary/aromatic N) is 1. The fourth-order valence-electron chi connectivity index (χ4n) is 2.04. The number of benzene rings is 2. The maximum absolute atomic E-state index is 12.0. The largest absolute Gasteiger partial charge is 0.479 e. The van der Waals surface area contributed by atoms with Gasteiger partial charge in [-0.25, -0.2) is 4.79 Å². The van der Waals surface area contributed by atoms with Crippen LogP contribution in [0.3, 0.4) is 0 Å². The molecule has 1 atom stereocenters. The van der Waals surface area contributed by atoms with Crippen LogP contribution < -0.4 is 4.74 Å². The molecule has 24 heavy (non-hydrogen) atoms. The van der Waals surface area contributed by atoms with E-state index in [1.807, 2.05) is 0 Å². The van der Waals surface area contributed by atoms with Gasteiger partial charge in [0.2, 0.25) is 0 Å². The van der Waals surface area contributed by atoms with E-state index in [4.69, 9.17) is 14.7 Å². The molecule has 2 rings (SSSR count). The average molecular weight is 323 g/mol. The van der Waals surface area contributed by atoms with E-state index in [0.29, 0.717) is 22.4 Å². The lowest BCUT2D eigenvalue weighted by Crippen LogP contribution is -2.26. The molecular weight excluding hydrogens is 306 g/mol. The molecule has 0 aliphatic carbocycles. The van der Waals surface area contributed by atoms with Gasteiger partial charge in [-0.15, -0.1) is 0 Å². The number of carbonyl (C=O) groups excluding carboxylic acids is 2. The van der Waals surface area contributed by atoms with Crippen molar-refractivity contribution in [1.82, 2.24) is 0 Å². The topological polar surface area (TPSA) is 76.4 Å². The Hall–Kier alpha value is -3.13. The number of ether oxygens (including phenoxy) is 2. The molecule has 0 aliphatic rings. The molecule has 0 radical (unpaired) electrons. The number of ketones is 1. The van der Waals surface area contributed by atoms with Crippen molar-refractivity contribution in [3.8, 4) is 11.8 Å². The molecule has 0 saturated heterocycles. The van der Waals surface area contributed by atoms with Crippen LogP contribution in [0.5, 0.6) is 5.75 Å². The number of hydrogen-bond donors (Lipinski definition) is 0. The predicted molar refractivity (Wildman–Crippen MR) is 87.5 cm³/mol. The molecular formula is C19H17NO4. The van der Waals surface area contributed by atoms with Gasteiger partial charge in [-0.3, -0.25) is 4.79 Å². The quantitative estimate of drug-likeness (QED) is 0.602. The van der Waals surface area contributed by atoms with Gasteiger partial charge in [0.25, 0.3) is 0 Å². The smallest absolute Gasteiger partial charge is 0.347 e. The van der Waals surface area contributed by atoms with Crippen molar-refractivity contribution in [2.75, 3.05) is 0 Å². The van der Waals surface area contributed by atoms with E-state index in [0.717, 1.165) is 0 Å². The van der Waals surface area contributed by atoms with Crippen LogP contribution in [0.2, 0.25) is 0 Å². The number of esters is 1. The lowest BCUT2D eigenvalue weighted by molar-refractivity contribution is -0.152. The van der Waals surface area contributed by atoms with Gasteiger partial charge < -0.3 is 9.47 Å². The van der Waals surface area contributed by atoms with Gasteiger partial charge in [0.15, 0.2) is 11.9 Å². The van der Waals surface area contributed by atoms with Crippen LogP contribution in [0.25, 0.3) is 0 Å². The van der Waals surface area contributed by atoms with Crippen molar-refractivity contribution < 1.29 is 19.1 Å². The van der Waals surface area contributed by atoms with Crippen molar-refractivity contribution >= 4 is 11.8 Å². The lowest BCUT2D eigenvalue weighted by Gasteiger charge is -2.14. The first-order valence-electron chi connectivity index (χ1n) is 7.43. The Morgan fingerprint density at radius 1 is 1.12 bits per heavy atom. The van der Waals surface area contributed by atoms with E-state index in [1.54, 1.807) is 55.5 Å². The highest BCUT2D eigenvalue weighted by Gasteiger charge is 2.17. The van der Waals surface area contributed by atoms with E-state index in [1.165, 1.54) is 6.92 Å². The molecule has 5 nitrogen and oxygen atoms in total. The SMILES string of the molecule is CC(=O)c1ccc(O[C@H](C)C(=O)OCc2ccccc2C#N)cc1. The summed E-state index contributed by atoms with van der Waals surface area (Å²) in [5.41, 5.74) is 1.69. The zero-order chi connectivity index (χ0) is 17.5. The van der Waals surface area contributed by atoms with Gasteiger partial charge in [-0.05, 0) is 44.2 Å². The van der Waals surface area contributed by atoms with Crippen LogP contribution in [0.4, 0.5) is 0 Å². The van der Waals surface area contributed by atoms with Crippen LogP contribution in [0.1, 0.15) is 35.3 Å². The van der Waals surface area contributed by atoms with Gasteiger partial charge in [-0.2, -0.15) is 5.26 Å². The summed E-state index contributed by atoms with van der Waals surface area (Å²) in [6.07, 6.45) is -0.803. The molecule has 0 bridgehead atoms. The van der Waals surface area contributed by atoms with E-state index in [2.05, 4.69) is 6.07 Å². The van der Waals surface area contributed by atoms with Crippen LogP contribution >= 0.6 is 0 Å². The molecule has 0 unspecified atom stereocenters. The Balaban J connectivity index is 1.92. The zero-order valence-corrected chi connectivity index (χ0v) is 13.5. The van der Waals surface area contributed by atoms with E-state index < -0.39 is 12.1 Å². The summed E-state index contributed by atoms with van der Waals surface area (Å²) in [7, 11) is 0. The van der Waals surface area contributed by atoms with Gasteiger partial charge in [0.1, 0.15) is 12.4 Å². The molecule has 0 saturated carbocycles. The summed E-state index contributed by atoms with van der Waals surface area (Å²) in [6.45, 7) is 3.08. The van der Waals surface area contributed by atoms with Crippen LogP contribution in [-0.2, 0) is 16.1 Å². The Morgan fingerprint density at radius 2 is 1.79 bits per heavy atom. The van der Waals surface area contributed by atoms with E-state index in [-0.39, 0.29) is 12.4 Å². The van der Waals surface area contributed by atoms with E-state index >= 15 is 0 Å². The predicted octanol–water partition coefficient (Wildman–Crippen LogP) is 3.27. The fourth-order valence-corrected chi connectivity index (χ4v) is 2.04. The summed E-state index contributed by atoms with van der Waals surface area (Å²) in [5, 5.41) is 9.01. The number of carbonyl (C=O) groups is 2. The number of rotatable bonds is 6. The second-order valence-corrected chi connectivity index (χ2v) is 5.22. The normalized spacial score (nSPS) is 11.2. The summed E-state index contributed by atoms with van der Waals surface area (Å²) in [6, 6.07) is 15.5. The molecule has 2 aromatic rings. The summed E-state index contributed by atoms with van der Waals surface area (Å²) >= 11 is 0. The third-order valence-electron chi connectivity index (χ3n) is 3.41. The van der Waals surface area contributed by atoms with Crippen molar-refractivity contribution in [2.24, 2.45) is 0 Å². The summed E-state index contributed by atoms with van der Waals surface area (Å²) in [5.74, 6) is -0.0922. The van der Waals surface area contributed by atoms with Gasteiger partial charge >= 0.3 is 5.97 Å². The molecule has 5 heteroatoms. The molecule has 0 aliphatic heterocycles. The van der Waals surface area contributed by atoms with Crippen molar-refractivity contribution in [3.05, 3.63) is 65.2 Å². The lowest BCUT2D eigenvalue weighted by atomic mass is 10.1. The molecule has 0 aromatic heterocycles. The van der Waals surface area contributed by atoms with Gasteiger partial charge in [-0.1, -0.05) is 18.2 Å². The third kappa shape index (κ3) is 4.43. The van der Waals surface area contributed by atoms with Crippen molar-refractivity contribution in [3.63, 3.8) is 0 Å². The zero-order valence-electron chi connectivity index (χ0n) is 13.5. The highest BCUT2D eigenvalue weighted by atomic mass is 16.6. The molecule has 0 fully saturated rings. The standard InChI is InChI=1S/C19H17NO4/c1-13(21)15-7-9-18(10-8-15)24-14(2)19(22)23-12-17-6-4-3-5-16(17)11-20/h3-10,14H,12H2,1-2H3/t14-/m1/s1. The Morgan fingerprint density at radius 3 is 2.42 bits per heavy atom. The van der Waals surface area contributed by atoms with Crippen molar-refractivity contribution in [1.29, 1.82) is 5.26 Å². The Kier molecular flexibility index (Phi) is 5.69. The van der Waals surface area contributed by atoms with Crippen molar-refractivity contribution in [2.45, 2.75) is 26.6 Å². The molecule has 0 N–H and O–H groups in total. The second kappa shape index (κ2) is 7.93. The van der Waals surface area contributed by atoms with Gasteiger partial charge in [0.05, 0.1) is 11.6 Å². The first-order chi connectivity index (χ1) is 11.5. The highest BCUT2D eigenvalue weighted by molar-refractivity contribution is 5.94. The Labute approximate surface area is 140 Å². The highest BCUT2D eigenvalue weighted by Crippen LogP contribution is 2.15. The van der Waals surface area contributed by atoms with Crippen LogP contribution in [0, 0.1) is 11.3 Å².